The van der Waals surface area contributed by atoms with Crippen LogP contribution in [0.15, 0.2) is 40.9 Å². The van der Waals surface area contributed by atoms with Gasteiger partial charge in [-0.1, -0.05) is 13.0 Å². The van der Waals surface area contributed by atoms with Crippen LogP contribution in [-0.2, 0) is 20.9 Å². The summed E-state index contributed by atoms with van der Waals surface area (Å²) < 4.78 is 26.9. The maximum Gasteiger partial charge on any atom is 0.274 e. The van der Waals surface area contributed by atoms with E-state index in [2.05, 4.69) is 5.32 Å². The molecule has 3 rings (SSSR count). The summed E-state index contributed by atoms with van der Waals surface area (Å²) >= 11 is 0. The summed E-state index contributed by atoms with van der Waals surface area (Å²) in [7, 11) is 1.58. The fourth-order valence-electron chi connectivity index (χ4n) is 4.13. The smallest absolute Gasteiger partial charge is 0.274 e. The van der Waals surface area contributed by atoms with Gasteiger partial charge in [-0.15, -0.1) is 0 Å². The first-order valence-electron chi connectivity index (χ1n) is 9.51. The maximum absolute atomic E-state index is 13.8. The average Bonchev–Trinajstić information content (AvgIpc) is 3.01. The highest BCUT2D eigenvalue weighted by Gasteiger charge is 2.45. The molecule has 1 aromatic carbocycles. The van der Waals surface area contributed by atoms with Crippen molar-refractivity contribution in [1.82, 2.24) is 15.1 Å². The molecule has 1 aromatic rings. The molecule has 2 fully saturated rings. The number of aliphatic hydroxyl groups excluding tert-OH is 1. The summed E-state index contributed by atoms with van der Waals surface area (Å²) in [6.45, 7) is 3.71. The monoisotopic (exact) mass is 419 g/mol. The Bertz CT molecular complexity index is 973. The van der Waals surface area contributed by atoms with E-state index in [1.807, 2.05) is 6.92 Å². The minimum Gasteiger partial charge on any atom is -0.503 e. The molecule has 9 heteroatoms. The number of fused-ring (bicyclic) bond motifs is 1. The number of hydrogen-bond donors (Lipinski definition) is 2. The topological polar surface area (TPSA) is 90.0 Å². The zero-order chi connectivity index (χ0) is 22.2. The number of piperazine rings is 1. The number of rotatable bonds is 4. The van der Waals surface area contributed by atoms with Gasteiger partial charge in [0.15, 0.2) is 17.7 Å². The average molecular weight is 419 g/mol. The van der Waals surface area contributed by atoms with Crippen LogP contribution in [0.3, 0.4) is 0 Å². The van der Waals surface area contributed by atoms with E-state index in [9.17, 15) is 28.3 Å². The van der Waals surface area contributed by atoms with Crippen LogP contribution in [0.1, 0.15) is 25.8 Å². The van der Waals surface area contributed by atoms with Gasteiger partial charge in [-0.05, 0) is 25.3 Å². The van der Waals surface area contributed by atoms with Crippen LogP contribution in [0, 0.1) is 17.6 Å². The minimum atomic E-state index is -0.763. The molecular formula is C21H23F2N3O4. The highest BCUT2D eigenvalue weighted by molar-refractivity contribution is 5.99. The second-order valence-corrected chi connectivity index (χ2v) is 7.63. The first-order valence-corrected chi connectivity index (χ1v) is 9.51. The molecular weight excluding hydrogens is 396 g/mol. The fraction of sp³-hybridized carbons (Fsp3) is 0.381. The fourth-order valence-corrected chi connectivity index (χ4v) is 4.13. The molecule has 2 N–H and O–H groups in total. The molecule has 160 valence electrons. The van der Waals surface area contributed by atoms with E-state index in [1.165, 1.54) is 11.0 Å². The molecule has 0 spiro atoms. The van der Waals surface area contributed by atoms with E-state index in [4.69, 9.17) is 0 Å². The van der Waals surface area contributed by atoms with Crippen LogP contribution >= 0.6 is 0 Å². The lowest BCUT2D eigenvalue weighted by Gasteiger charge is -2.39. The van der Waals surface area contributed by atoms with Crippen molar-refractivity contribution in [1.29, 1.82) is 0 Å². The predicted octanol–water partition coefficient (Wildman–Crippen LogP) is 2.01. The van der Waals surface area contributed by atoms with Crippen LogP contribution in [0.4, 0.5) is 8.78 Å². The Labute approximate surface area is 172 Å². The number of likely N-dealkylation sites (N-methyl/N-ethyl adjacent to an activating group) is 1. The van der Waals surface area contributed by atoms with E-state index in [0.29, 0.717) is 24.2 Å². The van der Waals surface area contributed by atoms with E-state index in [0.717, 1.165) is 12.1 Å². The number of allylic oxidation sites excluding steroid dienone is 2. The Morgan fingerprint density at radius 2 is 2.07 bits per heavy atom. The van der Waals surface area contributed by atoms with Crippen LogP contribution in [0.25, 0.3) is 0 Å². The van der Waals surface area contributed by atoms with Crippen LogP contribution in [0.5, 0.6) is 0 Å². The SMILES string of the molecule is C/C(C(=O)NCc1ccc(F)cc1F)=C1/C(C)CC2CN(C)C(=O)/C(=C(\O)C=O)N12. The quantitative estimate of drug-likeness (QED) is 0.443. The van der Waals surface area contributed by atoms with Gasteiger partial charge >= 0.3 is 0 Å². The second-order valence-electron chi connectivity index (χ2n) is 7.63. The number of nitrogens with one attached hydrogen (secondary N) is 1. The van der Waals surface area contributed by atoms with Gasteiger partial charge in [0.1, 0.15) is 11.6 Å². The van der Waals surface area contributed by atoms with Gasteiger partial charge in [-0.25, -0.2) is 8.78 Å². The van der Waals surface area contributed by atoms with Gasteiger partial charge in [0, 0.05) is 43.0 Å². The molecule has 2 unspecified atom stereocenters. The van der Waals surface area contributed by atoms with Crippen molar-refractivity contribution in [2.24, 2.45) is 5.92 Å². The van der Waals surface area contributed by atoms with E-state index >= 15 is 0 Å². The molecule has 0 saturated carbocycles. The molecule has 7 nitrogen and oxygen atoms in total. The normalized spacial score (nSPS) is 24.5. The number of benzene rings is 1. The van der Waals surface area contributed by atoms with Crippen LogP contribution in [0.2, 0.25) is 0 Å². The maximum atomic E-state index is 13.8. The van der Waals surface area contributed by atoms with Gasteiger partial charge in [0.2, 0.25) is 5.91 Å². The summed E-state index contributed by atoms with van der Waals surface area (Å²) in [6.07, 6.45) is 0.830. The molecule has 2 aliphatic heterocycles. The number of halogens is 2. The number of hydrogen-bond acceptors (Lipinski definition) is 5. The first kappa shape index (κ1) is 21.5. The number of amides is 2. The van der Waals surface area contributed by atoms with Gasteiger partial charge in [-0.3, -0.25) is 14.4 Å². The molecule has 30 heavy (non-hydrogen) atoms. The largest absolute Gasteiger partial charge is 0.503 e. The molecule has 2 aliphatic rings. The van der Waals surface area contributed by atoms with Gasteiger partial charge in [0.05, 0.1) is 6.04 Å². The summed E-state index contributed by atoms with van der Waals surface area (Å²) in [5.41, 5.74) is 0.802. The van der Waals surface area contributed by atoms with Crippen molar-refractivity contribution in [2.75, 3.05) is 13.6 Å². The van der Waals surface area contributed by atoms with E-state index in [1.54, 1.807) is 18.9 Å². The molecule has 0 aromatic heterocycles. The van der Waals surface area contributed by atoms with Crippen molar-refractivity contribution in [3.8, 4) is 0 Å². The van der Waals surface area contributed by atoms with Crippen molar-refractivity contribution in [3.63, 3.8) is 0 Å². The Morgan fingerprint density at radius 1 is 1.37 bits per heavy atom. The molecule has 2 heterocycles. The highest BCUT2D eigenvalue weighted by atomic mass is 19.1. The number of carbonyl (C=O) groups is 3. The van der Waals surface area contributed by atoms with Crippen molar-refractivity contribution < 1.29 is 28.3 Å². The molecule has 0 radical (unpaired) electrons. The zero-order valence-electron chi connectivity index (χ0n) is 16.9. The Kier molecular flexibility index (Phi) is 5.91. The molecule has 2 amide bonds. The van der Waals surface area contributed by atoms with Gasteiger partial charge < -0.3 is 20.2 Å². The third-order valence-corrected chi connectivity index (χ3v) is 5.53. The number of aldehydes is 1. The first-order chi connectivity index (χ1) is 14.1. The lowest BCUT2D eigenvalue weighted by molar-refractivity contribution is -0.131. The summed E-state index contributed by atoms with van der Waals surface area (Å²) in [6, 6.07) is 2.91. The Balaban J connectivity index is 1.92. The third-order valence-electron chi connectivity index (χ3n) is 5.53. The van der Waals surface area contributed by atoms with Crippen molar-refractivity contribution in [3.05, 3.63) is 58.1 Å². The molecule has 2 saturated heterocycles. The van der Waals surface area contributed by atoms with E-state index in [-0.39, 0.29) is 36.1 Å². The Morgan fingerprint density at radius 3 is 2.70 bits per heavy atom. The number of carbonyl (C=O) groups excluding carboxylic acids is 3. The highest BCUT2D eigenvalue weighted by Crippen LogP contribution is 2.41. The lowest BCUT2D eigenvalue weighted by atomic mass is 10.0. The zero-order valence-corrected chi connectivity index (χ0v) is 16.9. The second kappa shape index (κ2) is 8.25. The van der Waals surface area contributed by atoms with Crippen LogP contribution < -0.4 is 5.32 Å². The standard InChI is InChI=1S/C21H23F2N3O4/c1-11-6-15-9-25(3)21(30)19(17(28)10-27)26(15)18(11)12(2)20(29)24-8-13-4-5-14(22)7-16(13)23/h4-5,7,10-11,15,28H,6,8-9H2,1-3H3,(H,24,29)/b18-12+,19-17+. The molecule has 0 aliphatic carbocycles. The predicted molar refractivity (Wildman–Crippen MR) is 104 cm³/mol. The number of aliphatic hydroxyl groups is 1. The van der Waals surface area contributed by atoms with E-state index < -0.39 is 29.2 Å². The van der Waals surface area contributed by atoms with Crippen LogP contribution in [-0.4, -0.2) is 52.6 Å². The summed E-state index contributed by atoms with van der Waals surface area (Å²) in [5.74, 6) is -3.27. The number of nitrogens with zero attached hydrogens (tertiary/aromatic N) is 2. The Hall–Kier alpha value is -3.23. The molecule has 2 atom stereocenters. The van der Waals surface area contributed by atoms with Crippen molar-refractivity contribution in [2.45, 2.75) is 32.9 Å². The minimum absolute atomic E-state index is 0.114. The third kappa shape index (κ3) is 3.79. The van der Waals surface area contributed by atoms with Crippen molar-refractivity contribution >= 4 is 18.1 Å². The molecule has 0 bridgehead atoms. The van der Waals surface area contributed by atoms with Gasteiger partial charge in [0.25, 0.3) is 5.91 Å². The van der Waals surface area contributed by atoms with Gasteiger partial charge in [-0.2, -0.15) is 0 Å². The lowest BCUT2D eigenvalue weighted by Crippen LogP contribution is -2.50. The summed E-state index contributed by atoms with van der Waals surface area (Å²) in [4.78, 5) is 39.6. The summed E-state index contributed by atoms with van der Waals surface area (Å²) in [5, 5.41) is 12.7.